The third-order valence-electron chi connectivity index (χ3n) is 6.03. The minimum Gasteiger partial charge on any atom is -0.342 e. The van der Waals surface area contributed by atoms with Gasteiger partial charge in [-0.05, 0) is 59.7 Å². The highest BCUT2D eigenvalue weighted by atomic mass is 32.2. The molecule has 1 aliphatic rings. The summed E-state index contributed by atoms with van der Waals surface area (Å²) >= 11 is 1.32. The van der Waals surface area contributed by atoms with Gasteiger partial charge >= 0.3 is 0 Å². The van der Waals surface area contributed by atoms with Crippen LogP contribution in [0, 0.1) is 0 Å². The van der Waals surface area contributed by atoms with Crippen LogP contribution in [0.15, 0.2) is 59.8 Å². The molecule has 0 unspecified atom stereocenters. The van der Waals surface area contributed by atoms with Crippen molar-refractivity contribution in [1.29, 1.82) is 0 Å². The average Bonchev–Trinajstić information content (AvgIpc) is 3.45. The summed E-state index contributed by atoms with van der Waals surface area (Å²) in [5, 5.41) is 10.9. The van der Waals surface area contributed by atoms with Crippen LogP contribution in [-0.2, 0) is 4.79 Å². The summed E-state index contributed by atoms with van der Waals surface area (Å²) < 4.78 is 1.47. The van der Waals surface area contributed by atoms with E-state index in [0.717, 1.165) is 25.7 Å². The van der Waals surface area contributed by atoms with E-state index in [2.05, 4.69) is 26.4 Å². The van der Waals surface area contributed by atoms with Crippen LogP contribution in [0.5, 0.6) is 0 Å². The third kappa shape index (κ3) is 6.24. The predicted octanol–water partition coefficient (Wildman–Crippen LogP) is 2.62. The van der Waals surface area contributed by atoms with Crippen LogP contribution in [-0.4, -0.2) is 61.7 Å². The number of thioether (sulfide) groups is 1. The molecule has 0 radical (unpaired) electrons. The van der Waals surface area contributed by atoms with Crippen molar-refractivity contribution in [2.24, 2.45) is 0 Å². The minimum atomic E-state index is -0.462. The lowest BCUT2D eigenvalue weighted by molar-refractivity contribution is -0.129. The molecular weight excluding hydrogens is 466 g/mol. The van der Waals surface area contributed by atoms with Crippen LogP contribution in [0.25, 0.3) is 5.69 Å². The van der Waals surface area contributed by atoms with E-state index in [4.69, 9.17) is 0 Å². The number of rotatable bonds is 7. The Balaban J connectivity index is 1.31. The van der Waals surface area contributed by atoms with E-state index in [1.165, 1.54) is 29.2 Å². The smallest absolute Gasteiger partial charge is 0.270 e. The molecule has 2 aromatic carbocycles. The second-order valence-corrected chi connectivity index (χ2v) is 9.31. The highest BCUT2D eigenvalue weighted by Crippen LogP contribution is 2.25. The van der Waals surface area contributed by atoms with Gasteiger partial charge in [0.05, 0.1) is 17.0 Å². The van der Waals surface area contributed by atoms with E-state index < -0.39 is 11.8 Å². The lowest BCUT2D eigenvalue weighted by Crippen LogP contribution is -2.41. The average molecular weight is 494 g/mol. The number of hydrogen-bond donors (Lipinski definition) is 2. The Hall–Kier alpha value is -3.73. The summed E-state index contributed by atoms with van der Waals surface area (Å²) in [6.45, 7) is 0. The minimum absolute atomic E-state index is 0.0514. The molecule has 0 aliphatic heterocycles. The second kappa shape index (κ2) is 11.6. The number of tetrazole rings is 1. The zero-order valence-electron chi connectivity index (χ0n) is 19.4. The van der Waals surface area contributed by atoms with Gasteiger partial charge in [0.2, 0.25) is 5.91 Å². The molecule has 1 aromatic heterocycles. The highest BCUT2D eigenvalue weighted by Gasteiger charge is 2.22. The first-order chi connectivity index (χ1) is 17.0. The van der Waals surface area contributed by atoms with Crippen molar-refractivity contribution >= 4 is 29.5 Å². The maximum atomic E-state index is 12.8. The van der Waals surface area contributed by atoms with Crippen LogP contribution in [0.3, 0.4) is 0 Å². The van der Waals surface area contributed by atoms with Crippen LogP contribution in [0.1, 0.15) is 52.8 Å². The number of carbonyl (C=O) groups is 3. The van der Waals surface area contributed by atoms with Gasteiger partial charge < -0.3 is 4.90 Å². The normalized spacial score (nSPS) is 13.7. The Bertz CT molecular complexity index is 1160. The number of benzene rings is 2. The van der Waals surface area contributed by atoms with Crippen LogP contribution in [0.2, 0.25) is 0 Å². The number of nitrogens with zero attached hydrogens (tertiary/aromatic N) is 5. The SMILES string of the molecule is CN(C(=O)CSc1ccccc1C(=O)NNC(=O)c1ccc(-n2cnnn2)cc1)C1CCCCC1. The Labute approximate surface area is 207 Å². The molecule has 11 heteroatoms. The molecule has 1 saturated carbocycles. The van der Waals surface area contributed by atoms with Crippen molar-refractivity contribution in [3.63, 3.8) is 0 Å². The maximum Gasteiger partial charge on any atom is 0.270 e. The van der Waals surface area contributed by atoms with E-state index in [1.807, 2.05) is 18.0 Å². The summed E-state index contributed by atoms with van der Waals surface area (Å²) in [7, 11) is 1.86. The summed E-state index contributed by atoms with van der Waals surface area (Å²) in [6, 6.07) is 13.9. The monoisotopic (exact) mass is 493 g/mol. The molecule has 35 heavy (non-hydrogen) atoms. The standard InChI is InChI=1S/C24H27N7O3S/c1-30(18-7-3-2-4-8-18)22(32)15-35-21-10-6-5-9-20(21)24(34)27-26-23(33)17-11-13-19(14-12-17)31-16-25-28-29-31/h5-6,9-14,16,18H,2-4,7-8,15H2,1H3,(H,26,33)(H,27,34). The summed E-state index contributed by atoms with van der Waals surface area (Å²) in [5.41, 5.74) is 6.34. The van der Waals surface area contributed by atoms with Crippen molar-refractivity contribution in [1.82, 2.24) is 36.0 Å². The van der Waals surface area contributed by atoms with Crippen molar-refractivity contribution in [2.45, 2.75) is 43.0 Å². The van der Waals surface area contributed by atoms with E-state index in [1.54, 1.807) is 42.5 Å². The number of hydrogen-bond acceptors (Lipinski definition) is 7. The number of nitrogens with one attached hydrogen (secondary N) is 2. The second-order valence-electron chi connectivity index (χ2n) is 8.29. The first-order valence-electron chi connectivity index (χ1n) is 11.4. The van der Waals surface area contributed by atoms with Gasteiger partial charge in [0.15, 0.2) is 0 Å². The molecule has 182 valence electrons. The lowest BCUT2D eigenvalue weighted by Gasteiger charge is -2.31. The molecule has 3 aromatic rings. The largest absolute Gasteiger partial charge is 0.342 e. The zero-order valence-corrected chi connectivity index (χ0v) is 20.2. The lowest BCUT2D eigenvalue weighted by atomic mass is 9.94. The van der Waals surface area contributed by atoms with Crippen molar-refractivity contribution < 1.29 is 14.4 Å². The van der Waals surface area contributed by atoms with Gasteiger partial charge in [0.1, 0.15) is 6.33 Å². The van der Waals surface area contributed by atoms with Gasteiger partial charge in [-0.1, -0.05) is 31.4 Å². The Kier molecular flexibility index (Phi) is 8.09. The molecule has 1 fully saturated rings. The molecule has 4 rings (SSSR count). The molecule has 2 N–H and O–H groups in total. The first kappa shape index (κ1) is 24.4. The summed E-state index contributed by atoms with van der Waals surface area (Å²) in [5.74, 6) is -0.622. The topological polar surface area (TPSA) is 122 Å². The van der Waals surface area contributed by atoms with Crippen LogP contribution >= 0.6 is 11.8 Å². The van der Waals surface area contributed by atoms with Gasteiger partial charge in [-0.15, -0.1) is 16.9 Å². The van der Waals surface area contributed by atoms with Crippen molar-refractivity contribution in [2.75, 3.05) is 12.8 Å². The van der Waals surface area contributed by atoms with Crippen molar-refractivity contribution in [3.05, 3.63) is 66.0 Å². The number of hydrazine groups is 1. The molecule has 1 aliphatic carbocycles. The Morgan fingerprint density at radius 3 is 2.43 bits per heavy atom. The van der Waals surface area contributed by atoms with Gasteiger partial charge in [-0.25, -0.2) is 4.68 Å². The first-order valence-corrected chi connectivity index (χ1v) is 12.4. The molecule has 0 atom stereocenters. The molecule has 0 saturated heterocycles. The molecular formula is C24H27N7O3S. The van der Waals surface area contributed by atoms with Crippen LogP contribution < -0.4 is 10.9 Å². The van der Waals surface area contributed by atoms with Gasteiger partial charge in [-0.3, -0.25) is 25.2 Å². The number of aromatic nitrogens is 4. The number of amides is 3. The van der Waals surface area contributed by atoms with Crippen LogP contribution in [0.4, 0.5) is 0 Å². The predicted molar refractivity (Wildman–Crippen MR) is 131 cm³/mol. The fraction of sp³-hybridized carbons (Fsp3) is 0.333. The Morgan fingerprint density at radius 1 is 1.00 bits per heavy atom. The van der Waals surface area contributed by atoms with E-state index in [0.29, 0.717) is 27.8 Å². The molecule has 3 amide bonds. The molecule has 10 nitrogen and oxygen atoms in total. The molecule has 0 bridgehead atoms. The fourth-order valence-corrected chi connectivity index (χ4v) is 4.97. The van der Waals surface area contributed by atoms with Crippen molar-refractivity contribution in [3.8, 4) is 5.69 Å². The van der Waals surface area contributed by atoms with E-state index >= 15 is 0 Å². The Morgan fingerprint density at radius 2 is 1.71 bits per heavy atom. The van der Waals surface area contributed by atoms with E-state index in [-0.39, 0.29) is 11.7 Å². The highest BCUT2D eigenvalue weighted by molar-refractivity contribution is 8.00. The van der Waals surface area contributed by atoms with Gasteiger partial charge in [0, 0.05) is 23.5 Å². The fourth-order valence-electron chi connectivity index (χ4n) is 3.99. The molecule has 0 spiro atoms. The van der Waals surface area contributed by atoms with Gasteiger partial charge in [-0.2, -0.15) is 0 Å². The molecule has 1 heterocycles. The summed E-state index contributed by atoms with van der Waals surface area (Å²) in [4.78, 5) is 40.5. The van der Waals surface area contributed by atoms with Gasteiger partial charge in [0.25, 0.3) is 11.8 Å². The third-order valence-corrected chi connectivity index (χ3v) is 7.09. The zero-order chi connectivity index (χ0) is 24.6. The maximum absolute atomic E-state index is 12.8. The number of carbonyl (C=O) groups excluding carboxylic acids is 3. The quantitative estimate of drug-likeness (QED) is 0.383. The summed E-state index contributed by atoms with van der Waals surface area (Å²) in [6.07, 6.45) is 7.10. The van der Waals surface area contributed by atoms with E-state index in [9.17, 15) is 14.4 Å².